The number of carbonyl (C=O) groups excluding carboxylic acids is 2. The van der Waals surface area contributed by atoms with E-state index in [1.807, 2.05) is 4.90 Å². The molecule has 1 aliphatic rings. The van der Waals surface area contributed by atoms with Gasteiger partial charge in [0.05, 0.1) is 7.11 Å². The minimum atomic E-state index is -3.65. The van der Waals surface area contributed by atoms with Gasteiger partial charge in [0.15, 0.2) is 14.7 Å². The summed E-state index contributed by atoms with van der Waals surface area (Å²) in [5, 5.41) is 0. The van der Waals surface area contributed by atoms with Crippen LogP contribution in [0.5, 0.6) is 0 Å². The lowest BCUT2D eigenvalue weighted by molar-refractivity contribution is -0.144. The first-order chi connectivity index (χ1) is 10.8. The molecule has 0 atom stereocenters. The van der Waals surface area contributed by atoms with Crippen molar-refractivity contribution in [3.8, 4) is 0 Å². The van der Waals surface area contributed by atoms with Crippen molar-refractivity contribution in [2.45, 2.75) is 18.9 Å². The van der Waals surface area contributed by atoms with Crippen molar-refractivity contribution in [1.29, 1.82) is 0 Å². The number of hydrogen-bond donors (Lipinski definition) is 0. The van der Waals surface area contributed by atoms with Crippen LogP contribution < -0.4 is 0 Å². The Bertz CT molecular complexity index is 612. The van der Waals surface area contributed by atoms with Crippen LogP contribution in [-0.2, 0) is 28.9 Å². The molecule has 0 aliphatic carbocycles. The smallest absolute Gasteiger partial charge is 0.349 e. The molecule has 0 bridgehead atoms. The predicted molar refractivity (Wildman–Crippen MR) is 85.0 cm³/mol. The molecule has 1 saturated heterocycles. The van der Waals surface area contributed by atoms with Crippen LogP contribution in [0.15, 0.2) is 35.9 Å². The third-order valence-corrected chi connectivity index (χ3v) is 4.36. The summed E-state index contributed by atoms with van der Waals surface area (Å²) in [5.41, 5.74) is 0. The van der Waals surface area contributed by atoms with Crippen molar-refractivity contribution in [1.82, 2.24) is 4.90 Å². The molecule has 0 aromatic rings. The van der Waals surface area contributed by atoms with Crippen molar-refractivity contribution in [3.63, 3.8) is 0 Å². The van der Waals surface area contributed by atoms with Crippen LogP contribution >= 0.6 is 0 Å². The van der Waals surface area contributed by atoms with Gasteiger partial charge < -0.3 is 14.4 Å². The average Bonchev–Trinajstić information content (AvgIpc) is 2.51. The number of methoxy groups -OCH3 is 1. The SMILES string of the molecule is C=CC(=O)OC1CCN(C=CC=C(C(=O)OC)S(C)(=O)=O)CC1. The van der Waals surface area contributed by atoms with Crippen molar-refractivity contribution in [2.24, 2.45) is 0 Å². The second kappa shape index (κ2) is 8.52. The van der Waals surface area contributed by atoms with E-state index in [9.17, 15) is 18.0 Å². The van der Waals surface area contributed by atoms with Gasteiger partial charge >= 0.3 is 11.9 Å². The van der Waals surface area contributed by atoms with Gasteiger partial charge in [0.1, 0.15) is 6.10 Å². The lowest BCUT2D eigenvalue weighted by atomic mass is 10.1. The Hall–Kier alpha value is -2.09. The molecule has 0 unspecified atom stereocenters. The molecular weight excluding hydrogens is 322 g/mol. The molecule has 0 radical (unpaired) electrons. The zero-order valence-corrected chi connectivity index (χ0v) is 14.0. The number of hydrogen-bond acceptors (Lipinski definition) is 7. The Labute approximate surface area is 136 Å². The van der Waals surface area contributed by atoms with E-state index in [2.05, 4.69) is 11.3 Å². The summed E-state index contributed by atoms with van der Waals surface area (Å²) in [7, 11) is -2.53. The maximum absolute atomic E-state index is 11.5. The van der Waals surface area contributed by atoms with Gasteiger partial charge in [-0.25, -0.2) is 18.0 Å². The normalized spacial score (nSPS) is 17.1. The molecule has 1 aliphatic heterocycles. The van der Waals surface area contributed by atoms with Crippen molar-refractivity contribution in [2.75, 3.05) is 26.5 Å². The van der Waals surface area contributed by atoms with E-state index in [-0.39, 0.29) is 6.10 Å². The molecular formula is C15H21NO6S. The molecule has 0 spiro atoms. The van der Waals surface area contributed by atoms with Crippen LogP contribution in [-0.4, -0.2) is 57.8 Å². The van der Waals surface area contributed by atoms with E-state index < -0.39 is 26.7 Å². The zero-order chi connectivity index (χ0) is 17.5. The van der Waals surface area contributed by atoms with Crippen molar-refractivity contribution < 1.29 is 27.5 Å². The highest BCUT2D eigenvalue weighted by Crippen LogP contribution is 2.15. The summed E-state index contributed by atoms with van der Waals surface area (Å²) in [5.74, 6) is -1.33. The van der Waals surface area contributed by atoms with Gasteiger partial charge in [-0.05, 0) is 18.4 Å². The maximum atomic E-state index is 11.5. The molecule has 0 saturated carbocycles. The molecule has 0 N–H and O–H groups in total. The molecule has 0 aromatic carbocycles. The number of ether oxygens (including phenoxy) is 2. The van der Waals surface area contributed by atoms with Gasteiger partial charge in [0, 0.05) is 38.3 Å². The minimum absolute atomic E-state index is 0.137. The second-order valence-corrected chi connectivity index (χ2v) is 7.00. The Morgan fingerprint density at radius 2 is 1.87 bits per heavy atom. The lowest BCUT2D eigenvalue weighted by Crippen LogP contribution is -2.34. The first kappa shape index (κ1) is 19.0. The summed E-state index contributed by atoms with van der Waals surface area (Å²) in [6, 6.07) is 0. The third kappa shape index (κ3) is 6.27. The molecule has 7 nitrogen and oxygen atoms in total. The summed E-state index contributed by atoms with van der Waals surface area (Å²) in [4.78, 5) is 24.1. The minimum Gasteiger partial charge on any atom is -0.465 e. The zero-order valence-electron chi connectivity index (χ0n) is 13.2. The topological polar surface area (TPSA) is 90.0 Å². The lowest BCUT2D eigenvalue weighted by Gasteiger charge is -2.30. The van der Waals surface area contributed by atoms with Crippen LogP contribution in [0.2, 0.25) is 0 Å². The van der Waals surface area contributed by atoms with E-state index in [1.54, 1.807) is 6.20 Å². The Morgan fingerprint density at radius 3 is 2.35 bits per heavy atom. The highest BCUT2D eigenvalue weighted by molar-refractivity contribution is 7.95. The van der Waals surface area contributed by atoms with Crippen LogP contribution in [0.25, 0.3) is 0 Å². The standard InChI is InChI=1S/C15H21NO6S/c1-4-14(17)22-12-7-10-16(11-8-12)9-5-6-13(15(18)21-2)23(3,19)20/h4-6,9,12H,1,7-8,10-11H2,2-3H3. The fraction of sp³-hybridized carbons (Fsp3) is 0.467. The van der Waals surface area contributed by atoms with Gasteiger partial charge in [0.2, 0.25) is 0 Å². The molecule has 0 amide bonds. The molecule has 1 heterocycles. The largest absolute Gasteiger partial charge is 0.465 e. The Morgan fingerprint density at radius 1 is 1.26 bits per heavy atom. The second-order valence-electron chi connectivity index (χ2n) is 5.01. The van der Waals surface area contributed by atoms with Crippen LogP contribution in [0.1, 0.15) is 12.8 Å². The fourth-order valence-electron chi connectivity index (χ4n) is 2.05. The summed E-state index contributed by atoms with van der Waals surface area (Å²) in [6.45, 7) is 4.67. The van der Waals surface area contributed by atoms with E-state index >= 15 is 0 Å². The van der Waals surface area contributed by atoms with Gasteiger partial charge in [-0.15, -0.1) is 0 Å². The van der Waals surface area contributed by atoms with E-state index in [0.717, 1.165) is 19.4 Å². The van der Waals surface area contributed by atoms with E-state index in [4.69, 9.17) is 4.74 Å². The monoisotopic (exact) mass is 343 g/mol. The van der Waals surface area contributed by atoms with E-state index in [0.29, 0.717) is 25.9 Å². The third-order valence-electron chi connectivity index (χ3n) is 3.26. The van der Waals surface area contributed by atoms with Crippen LogP contribution in [0.4, 0.5) is 0 Å². The number of likely N-dealkylation sites (tertiary alicyclic amines) is 1. The van der Waals surface area contributed by atoms with Crippen LogP contribution in [0.3, 0.4) is 0 Å². The highest BCUT2D eigenvalue weighted by atomic mass is 32.2. The van der Waals surface area contributed by atoms with Gasteiger partial charge in [-0.2, -0.15) is 0 Å². The predicted octanol–water partition coefficient (Wildman–Crippen LogP) is 0.795. The number of esters is 2. The summed E-state index contributed by atoms with van der Waals surface area (Å²) >= 11 is 0. The molecule has 1 fully saturated rings. The Kier molecular flexibility index (Phi) is 7.02. The summed E-state index contributed by atoms with van der Waals surface area (Å²) < 4.78 is 32.6. The Balaban J connectivity index is 2.62. The van der Waals surface area contributed by atoms with Crippen LogP contribution in [0, 0.1) is 0 Å². The first-order valence-electron chi connectivity index (χ1n) is 7.02. The number of rotatable bonds is 6. The number of nitrogens with zero attached hydrogens (tertiary/aromatic N) is 1. The van der Waals surface area contributed by atoms with Gasteiger partial charge in [-0.3, -0.25) is 0 Å². The van der Waals surface area contributed by atoms with Gasteiger partial charge in [0.25, 0.3) is 0 Å². The quantitative estimate of drug-likeness (QED) is 0.400. The molecule has 23 heavy (non-hydrogen) atoms. The first-order valence-corrected chi connectivity index (χ1v) is 8.91. The number of carbonyl (C=O) groups is 2. The summed E-state index contributed by atoms with van der Waals surface area (Å²) in [6.07, 6.45) is 7.68. The number of piperidine rings is 1. The molecule has 0 aromatic heterocycles. The van der Waals surface area contributed by atoms with Crippen molar-refractivity contribution in [3.05, 3.63) is 35.9 Å². The number of sulfone groups is 1. The number of allylic oxidation sites excluding steroid dienone is 2. The molecule has 8 heteroatoms. The fourth-order valence-corrected chi connectivity index (χ4v) is 2.76. The maximum Gasteiger partial charge on any atom is 0.349 e. The highest BCUT2D eigenvalue weighted by Gasteiger charge is 2.21. The average molecular weight is 343 g/mol. The van der Waals surface area contributed by atoms with Crippen molar-refractivity contribution >= 4 is 21.8 Å². The van der Waals surface area contributed by atoms with Gasteiger partial charge in [-0.1, -0.05) is 6.58 Å². The van der Waals surface area contributed by atoms with E-state index in [1.165, 1.54) is 12.2 Å². The molecule has 1 rings (SSSR count). The molecule has 128 valence electrons.